The van der Waals surface area contributed by atoms with Gasteiger partial charge in [-0.25, -0.2) is 8.78 Å². The molecular weight excluding hydrogens is 116 g/mol. The Bertz CT molecular complexity index is 111. The van der Waals surface area contributed by atoms with Crippen molar-refractivity contribution in [2.45, 2.75) is 6.43 Å². The van der Waals surface area contributed by atoms with Gasteiger partial charge in [-0.15, -0.1) is 0 Å². The van der Waals surface area contributed by atoms with Crippen LogP contribution >= 0.6 is 0 Å². The molecule has 0 aromatic rings. The van der Waals surface area contributed by atoms with E-state index in [0.29, 0.717) is 6.08 Å². The van der Waals surface area contributed by atoms with Crippen LogP contribution in [0.25, 0.3) is 0 Å². The minimum Gasteiger partial charge on any atom is -0.404 e. The molecule has 0 fully saturated rings. The summed E-state index contributed by atoms with van der Waals surface area (Å²) in [5, 5.41) is 0. The fourth-order valence-corrected chi connectivity index (χ4v) is 0.168. The topological polar surface area (TPSA) is 43.1 Å². The quantitative estimate of drug-likeness (QED) is 0.533. The average Bonchev–Trinajstić information content (AvgIpc) is 1.67. The molecule has 0 aromatic heterocycles. The zero-order chi connectivity index (χ0) is 6.57. The molecule has 2 nitrogen and oxygen atoms in total. The highest BCUT2D eigenvalue weighted by Crippen LogP contribution is 1.93. The van der Waals surface area contributed by atoms with Crippen molar-refractivity contribution in [3.8, 4) is 0 Å². The average molecular weight is 121 g/mol. The van der Waals surface area contributed by atoms with Crippen LogP contribution in [0.15, 0.2) is 12.3 Å². The van der Waals surface area contributed by atoms with E-state index in [0.717, 1.165) is 6.20 Å². The number of nitrogens with two attached hydrogens (primary N) is 1. The molecule has 0 aliphatic rings. The molecule has 8 heavy (non-hydrogen) atoms. The van der Waals surface area contributed by atoms with Crippen molar-refractivity contribution in [1.82, 2.24) is 0 Å². The molecule has 0 rings (SSSR count). The Morgan fingerprint density at radius 2 is 2.12 bits per heavy atom. The first-order valence-electron chi connectivity index (χ1n) is 1.88. The molecular formula is C4H5F2NO. The van der Waals surface area contributed by atoms with Gasteiger partial charge >= 0.3 is 0 Å². The lowest BCUT2D eigenvalue weighted by Crippen LogP contribution is -2.05. The SMILES string of the molecule is N/C=C\C(=O)C(F)F. The van der Waals surface area contributed by atoms with Crippen LogP contribution in [0.1, 0.15) is 0 Å². The fraction of sp³-hybridized carbons (Fsp3) is 0.250. The van der Waals surface area contributed by atoms with Gasteiger partial charge in [-0.3, -0.25) is 4.79 Å². The smallest absolute Gasteiger partial charge is 0.299 e. The number of hydrogen-bond acceptors (Lipinski definition) is 2. The summed E-state index contributed by atoms with van der Waals surface area (Å²) in [7, 11) is 0. The number of ketones is 1. The zero-order valence-corrected chi connectivity index (χ0v) is 3.97. The number of carbonyl (C=O) groups excluding carboxylic acids is 1. The first-order valence-corrected chi connectivity index (χ1v) is 1.88. The largest absolute Gasteiger partial charge is 0.404 e. The van der Waals surface area contributed by atoms with Gasteiger partial charge in [0.05, 0.1) is 0 Å². The number of carbonyl (C=O) groups is 1. The Kier molecular flexibility index (Phi) is 2.76. The second kappa shape index (κ2) is 3.12. The van der Waals surface area contributed by atoms with Crippen molar-refractivity contribution in [3.05, 3.63) is 12.3 Å². The first kappa shape index (κ1) is 7.07. The first-order chi connectivity index (χ1) is 3.68. The molecule has 0 spiro atoms. The molecule has 46 valence electrons. The molecule has 0 radical (unpaired) electrons. The third-order valence-electron chi connectivity index (χ3n) is 0.476. The van der Waals surface area contributed by atoms with Gasteiger partial charge in [-0.2, -0.15) is 0 Å². The Morgan fingerprint density at radius 1 is 1.62 bits per heavy atom. The van der Waals surface area contributed by atoms with Gasteiger partial charge in [0.25, 0.3) is 6.43 Å². The summed E-state index contributed by atoms with van der Waals surface area (Å²) in [5.41, 5.74) is 4.63. The van der Waals surface area contributed by atoms with Crippen LogP contribution in [0.2, 0.25) is 0 Å². The van der Waals surface area contributed by atoms with Crippen LogP contribution in [0.5, 0.6) is 0 Å². The summed E-state index contributed by atoms with van der Waals surface area (Å²) in [6.07, 6.45) is -1.52. The van der Waals surface area contributed by atoms with E-state index < -0.39 is 12.2 Å². The van der Waals surface area contributed by atoms with E-state index in [4.69, 9.17) is 0 Å². The summed E-state index contributed by atoms with van der Waals surface area (Å²) in [4.78, 5) is 9.83. The van der Waals surface area contributed by atoms with Gasteiger partial charge in [-0.1, -0.05) is 0 Å². The minimum absolute atomic E-state index is 0.630. The molecule has 0 aliphatic heterocycles. The lowest BCUT2D eigenvalue weighted by molar-refractivity contribution is -0.124. The van der Waals surface area contributed by atoms with Crippen molar-refractivity contribution >= 4 is 5.78 Å². The van der Waals surface area contributed by atoms with Gasteiger partial charge in [0, 0.05) is 6.08 Å². The number of halogens is 2. The fourth-order valence-electron chi connectivity index (χ4n) is 0.168. The van der Waals surface area contributed by atoms with Crippen LogP contribution in [0, 0.1) is 0 Å². The Labute approximate surface area is 45.0 Å². The molecule has 0 heterocycles. The van der Waals surface area contributed by atoms with Crippen LogP contribution in [-0.2, 0) is 4.79 Å². The van der Waals surface area contributed by atoms with Crippen LogP contribution in [0.3, 0.4) is 0 Å². The molecule has 0 bridgehead atoms. The zero-order valence-electron chi connectivity index (χ0n) is 3.97. The van der Waals surface area contributed by atoms with Gasteiger partial charge in [0.2, 0.25) is 5.78 Å². The lowest BCUT2D eigenvalue weighted by atomic mass is 10.4. The van der Waals surface area contributed by atoms with E-state index in [-0.39, 0.29) is 0 Å². The highest BCUT2D eigenvalue weighted by Gasteiger charge is 2.09. The highest BCUT2D eigenvalue weighted by atomic mass is 19.3. The Hall–Kier alpha value is -0.930. The molecule has 0 aliphatic carbocycles. The monoisotopic (exact) mass is 121 g/mol. The molecule has 4 heteroatoms. The lowest BCUT2D eigenvalue weighted by Gasteiger charge is -1.85. The second-order valence-electron chi connectivity index (χ2n) is 1.06. The second-order valence-corrected chi connectivity index (χ2v) is 1.06. The third-order valence-corrected chi connectivity index (χ3v) is 0.476. The van der Waals surface area contributed by atoms with Crippen molar-refractivity contribution < 1.29 is 13.6 Å². The normalized spacial score (nSPS) is 10.9. The van der Waals surface area contributed by atoms with Gasteiger partial charge in [0.15, 0.2) is 0 Å². The predicted octanol–water partition coefficient (Wildman–Crippen LogP) is 0.293. The maximum atomic E-state index is 11.2. The number of hydrogen-bond donors (Lipinski definition) is 1. The van der Waals surface area contributed by atoms with Crippen LogP contribution in [0.4, 0.5) is 8.78 Å². The standard InChI is InChI=1S/C4H5F2NO/c5-4(6)3(8)1-2-7/h1-2,4H,7H2/b2-1-. The summed E-state index contributed by atoms with van der Waals surface area (Å²) in [6, 6.07) is 0. The van der Waals surface area contributed by atoms with E-state index in [9.17, 15) is 13.6 Å². The van der Waals surface area contributed by atoms with Crippen LogP contribution in [-0.4, -0.2) is 12.2 Å². The van der Waals surface area contributed by atoms with Crippen molar-refractivity contribution in [2.24, 2.45) is 5.73 Å². The van der Waals surface area contributed by atoms with E-state index in [1.807, 2.05) is 0 Å². The minimum atomic E-state index is -2.94. The molecule has 0 atom stereocenters. The number of rotatable bonds is 2. The summed E-state index contributed by atoms with van der Waals surface area (Å²) < 4.78 is 22.3. The molecule has 0 amide bonds. The van der Waals surface area contributed by atoms with Gasteiger partial charge < -0.3 is 5.73 Å². The van der Waals surface area contributed by atoms with E-state index in [1.54, 1.807) is 0 Å². The van der Waals surface area contributed by atoms with Gasteiger partial charge in [-0.05, 0) is 6.20 Å². The molecule has 0 aromatic carbocycles. The number of allylic oxidation sites excluding steroid dienone is 1. The highest BCUT2D eigenvalue weighted by molar-refractivity contribution is 5.92. The molecule has 0 saturated heterocycles. The van der Waals surface area contributed by atoms with Crippen LogP contribution < -0.4 is 5.73 Å². The summed E-state index contributed by atoms with van der Waals surface area (Å²) in [5.74, 6) is -1.26. The summed E-state index contributed by atoms with van der Waals surface area (Å²) in [6.45, 7) is 0. The summed E-state index contributed by atoms with van der Waals surface area (Å²) >= 11 is 0. The molecule has 0 unspecified atom stereocenters. The van der Waals surface area contributed by atoms with E-state index in [2.05, 4.69) is 5.73 Å². The third kappa shape index (κ3) is 2.28. The van der Waals surface area contributed by atoms with Gasteiger partial charge in [0.1, 0.15) is 0 Å². The Morgan fingerprint density at radius 3 is 2.25 bits per heavy atom. The van der Waals surface area contributed by atoms with Crippen molar-refractivity contribution in [3.63, 3.8) is 0 Å². The van der Waals surface area contributed by atoms with E-state index in [1.165, 1.54) is 0 Å². The maximum Gasteiger partial charge on any atom is 0.299 e. The van der Waals surface area contributed by atoms with E-state index >= 15 is 0 Å². The van der Waals surface area contributed by atoms with Crippen molar-refractivity contribution in [1.29, 1.82) is 0 Å². The Balaban J connectivity index is 3.66. The van der Waals surface area contributed by atoms with Crippen molar-refractivity contribution in [2.75, 3.05) is 0 Å². The number of alkyl halides is 2. The molecule has 0 saturated carbocycles. The molecule has 2 N–H and O–H groups in total. The maximum absolute atomic E-state index is 11.2. The predicted molar refractivity (Wildman–Crippen MR) is 24.3 cm³/mol.